The second-order valence-corrected chi connectivity index (χ2v) is 7.04. The van der Waals surface area contributed by atoms with Crippen molar-refractivity contribution in [2.24, 2.45) is 5.41 Å². The molecule has 1 aromatic rings. The van der Waals surface area contributed by atoms with Crippen LogP contribution in [0.4, 0.5) is 0 Å². The molecule has 1 fully saturated rings. The zero-order valence-corrected chi connectivity index (χ0v) is 12.6. The van der Waals surface area contributed by atoms with Crippen molar-refractivity contribution in [3.8, 4) is 0 Å². The summed E-state index contributed by atoms with van der Waals surface area (Å²) in [4.78, 5) is 0. The van der Waals surface area contributed by atoms with E-state index >= 15 is 0 Å². The number of aryl methyl sites for hydroxylation is 2. The average molecular weight is 245 g/mol. The Morgan fingerprint density at radius 3 is 2.17 bits per heavy atom. The van der Waals surface area contributed by atoms with Crippen LogP contribution in [0, 0.1) is 19.3 Å². The molecule has 0 bridgehead atoms. The first-order valence-corrected chi connectivity index (χ1v) is 7.15. The predicted molar refractivity (Wildman–Crippen MR) is 79.0 cm³/mol. The summed E-state index contributed by atoms with van der Waals surface area (Å²) in [5, 5.41) is 3.80. The molecule has 1 aromatic carbocycles. The zero-order chi connectivity index (χ0) is 13.4. The molecule has 1 nitrogen and oxygen atoms in total. The SMILES string of the molecule is Cc1cc(C)cc(CC2(C(C)(C)C)CCCN2)c1. The van der Waals surface area contributed by atoms with Gasteiger partial charge in [-0.05, 0) is 50.6 Å². The number of hydrogen-bond acceptors (Lipinski definition) is 1. The third-order valence-corrected chi connectivity index (χ3v) is 4.47. The van der Waals surface area contributed by atoms with E-state index in [1.807, 2.05) is 0 Å². The second kappa shape index (κ2) is 4.70. The van der Waals surface area contributed by atoms with Gasteiger partial charge in [0.1, 0.15) is 0 Å². The van der Waals surface area contributed by atoms with E-state index in [9.17, 15) is 0 Å². The highest BCUT2D eigenvalue weighted by molar-refractivity contribution is 5.30. The Morgan fingerprint density at radius 2 is 1.72 bits per heavy atom. The summed E-state index contributed by atoms with van der Waals surface area (Å²) in [5.74, 6) is 0. The lowest BCUT2D eigenvalue weighted by Gasteiger charge is -2.42. The molecule has 0 spiro atoms. The third kappa shape index (κ3) is 2.61. The van der Waals surface area contributed by atoms with E-state index in [1.165, 1.54) is 36.1 Å². The van der Waals surface area contributed by atoms with Crippen molar-refractivity contribution in [2.45, 2.75) is 59.4 Å². The third-order valence-electron chi connectivity index (χ3n) is 4.47. The van der Waals surface area contributed by atoms with Gasteiger partial charge in [-0.25, -0.2) is 0 Å². The number of nitrogens with one attached hydrogen (secondary N) is 1. The van der Waals surface area contributed by atoms with Crippen molar-refractivity contribution in [1.29, 1.82) is 0 Å². The summed E-state index contributed by atoms with van der Waals surface area (Å²) >= 11 is 0. The Balaban J connectivity index is 2.29. The predicted octanol–water partition coefficient (Wildman–Crippen LogP) is 4.01. The van der Waals surface area contributed by atoms with Crippen LogP contribution in [-0.4, -0.2) is 12.1 Å². The molecule has 1 N–H and O–H groups in total. The van der Waals surface area contributed by atoms with E-state index in [1.54, 1.807) is 0 Å². The van der Waals surface area contributed by atoms with Crippen LogP contribution in [0.2, 0.25) is 0 Å². The highest BCUT2D eigenvalue weighted by atomic mass is 15.0. The van der Waals surface area contributed by atoms with Crippen LogP contribution in [0.25, 0.3) is 0 Å². The van der Waals surface area contributed by atoms with Crippen LogP contribution in [-0.2, 0) is 6.42 Å². The van der Waals surface area contributed by atoms with Gasteiger partial charge < -0.3 is 5.32 Å². The highest BCUT2D eigenvalue weighted by Gasteiger charge is 2.43. The lowest BCUT2D eigenvalue weighted by Crippen LogP contribution is -2.52. The molecule has 1 aliphatic heterocycles. The molecule has 100 valence electrons. The molecule has 0 aliphatic carbocycles. The van der Waals surface area contributed by atoms with Gasteiger partial charge in [0.25, 0.3) is 0 Å². The van der Waals surface area contributed by atoms with Crippen LogP contribution in [0.1, 0.15) is 50.3 Å². The second-order valence-electron chi connectivity index (χ2n) is 7.04. The molecule has 1 aliphatic rings. The molecular formula is C17H27N. The summed E-state index contributed by atoms with van der Waals surface area (Å²) in [5.41, 5.74) is 4.82. The van der Waals surface area contributed by atoms with E-state index in [2.05, 4.69) is 58.1 Å². The summed E-state index contributed by atoms with van der Waals surface area (Å²) < 4.78 is 0. The molecule has 1 atom stereocenters. The zero-order valence-electron chi connectivity index (χ0n) is 12.6. The molecule has 1 unspecified atom stereocenters. The van der Waals surface area contributed by atoms with Crippen LogP contribution >= 0.6 is 0 Å². The van der Waals surface area contributed by atoms with Crippen LogP contribution < -0.4 is 5.32 Å². The first kappa shape index (κ1) is 13.6. The van der Waals surface area contributed by atoms with Gasteiger partial charge in [0.2, 0.25) is 0 Å². The van der Waals surface area contributed by atoms with Gasteiger partial charge in [-0.1, -0.05) is 50.1 Å². The lowest BCUT2D eigenvalue weighted by atomic mass is 9.69. The van der Waals surface area contributed by atoms with Crippen LogP contribution in [0.3, 0.4) is 0 Å². The molecule has 0 amide bonds. The Labute approximate surface area is 112 Å². The molecular weight excluding hydrogens is 218 g/mol. The van der Waals surface area contributed by atoms with Crippen molar-refractivity contribution in [2.75, 3.05) is 6.54 Å². The normalized spacial score (nSPS) is 24.5. The first-order valence-electron chi connectivity index (χ1n) is 7.15. The van der Waals surface area contributed by atoms with Crippen molar-refractivity contribution < 1.29 is 0 Å². The molecule has 0 radical (unpaired) electrons. The molecule has 1 heterocycles. The fourth-order valence-corrected chi connectivity index (χ4v) is 3.38. The smallest absolute Gasteiger partial charge is 0.0270 e. The molecule has 1 saturated heterocycles. The monoisotopic (exact) mass is 245 g/mol. The Morgan fingerprint density at radius 1 is 1.11 bits per heavy atom. The first-order chi connectivity index (χ1) is 8.32. The van der Waals surface area contributed by atoms with Gasteiger partial charge in [0.05, 0.1) is 0 Å². The molecule has 0 aromatic heterocycles. The van der Waals surface area contributed by atoms with Crippen molar-refractivity contribution >= 4 is 0 Å². The minimum absolute atomic E-state index is 0.271. The molecule has 0 saturated carbocycles. The maximum absolute atomic E-state index is 3.80. The number of benzene rings is 1. The van der Waals surface area contributed by atoms with Gasteiger partial charge in [0.15, 0.2) is 0 Å². The summed E-state index contributed by atoms with van der Waals surface area (Å²) in [7, 11) is 0. The fraction of sp³-hybridized carbons (Fsp3) is 0.647. The largest absolute Gasteiger partial charge is 0.310 e. The van der Waals surface area contributed by atoms with Gasteiger partial charge in [-0.15, -0.1) is 0 Å². The van der Waals surface area contributed by atoms with Crippen molar-refractivity contribution in [3.05, 3.63) is 34.9 Å². The number of rotatable bonds is 2. The summed E-state index contributed by atoms with van der Waals surface area (Å²) in [6.07, 6.45) is 3.75. The van der Waals surface area contributed by atoms with Gasteiger partial charge in [-0.3, -0.25) is 0 Å². The van der Waals surface area contributed by atoms with Gasteiger partial charge in [-0.2, -0.15) is 0 Å². The summed E-state index contributed by atoms with van der Waals surface area (Å²) in [6.45, 7) is 12.7. The Kier molecular flexibility index (Phi) is 3.55. The van der Waals surface area contributed by atoms with Gasteiger partial charge in [0, 0.05) is 5.54 Å². The molecule has 18 heavy (non-hydrogen) atoms. The minimum Gasteiger partial charge on any atom is -0.310 e. The van der Waals surface area contributed by atoms with E-state index in [0.29, 0.717) is 5.41 Å². The molecule has 1 heteroatoms. The van der Waals surface area contributed by atoms with Crippen LogP contribution in [0.15, 0.2) is 18.2 Å². The maximum atomic E-state index is 3.80. The van der Waals surface area contributed by atoms with Gasteiger partial charge >= 0.3 is 0 Å². The lowest BCUT2D eigenvalue weighted by molar-refractivity contribution is 0.159. The fourth-order valence-electron chi connectivity index (χ4n) is 3.38. The van der Waals surface area contributed by atoms with E-state index in [0.717, 1.165) is 6.42 Å². The van der Waals surface area contributed by atoms with E-state index in [-0.39, 0.29) is 5.54 Å². The minimum atomic E-state index is 0.271. The topological polar surface area (TPSA) is 12.0 Å². The van der Waals surface area contributed by atoms with Crippen molar-refractivity contribution in [3.63, 3.8) is 0 Å². The standard InChI is InChI=1S/C17H27N/c1-13-9-14(2)11-15(10-13)12-17(16(3,4)5)7-6-8-18-17/h9-11,18H,6-8,12H2,1-5H3. The maximum Gasteiger partial charge on any atom is 0.0270 e. The van der Waals surface area contributed by atoms with E-state index in [4.69, 9.17) is 0 Å². The Bertz CT molecular complexity index is 399. The average Bonchev–Trinajstić information content (AvgIpc) is 2.64. The van der Waals surface area contributed by atoms with Crippen LogP contribution in [0.5, 0.6) is 0 Å². The number of hydrogen-bond donors (Lipinski definition) is 1. The van der Waals surface area contributed by atoms with E-state index < -0.39 is 0 Å². The summed E-state index contributed by atoms with van der Waals surface area (Å²) in [6, 6.07) is 6.95. The van der Waals surface area contributed by atoms with Crippen molar-refractivity contribution in [1.82, 2.24) is 5.32 Å². The Hall–Kier alpha value is -0.820. The molecule has 2 rings (SSSR count). The quantitative estimate of drug-likeness (QED) is 0.830. The highest BCUT2D eigenvalue weighted by Crippen LogP contribution is 2.40.